The predicted octanol–water partition coefficient (Wildman–Crippen LogP) is 3.49. The van der Waals surface area contributed by atoms with Gasteiger partial charge in [-0.1, -0.05) is 6.07 Å². The second-order valence-corrected chi connectivity index (χ2v) is 6.68. The van der Waals surface area contributed by atoms with Gasteiger partial charge in [-0.3, -0.25) is 4.98 Å². The predicted molar refractivity (Wildman–Crippen MR) is 99.9 cm³/mol. The topological polar surface area (TPSA) is 46.2 Å². The molecule has 5 nitrogen and oxygen atoms in total. The van der Waals surface area contributed by atoms with Gasteiger partial charge in [0, 0.05) is 24.6 Å². The molecule has 0 aromatic carbocycles. The molecule has 1 aliphatic rings. The van der Waals surface area contributed by atoms with E-state index in [9.17, 15) is 0 Å². The van der Waals surface area contributed by atoms with E-state index < -0.39 is 0 Å². The molecule has 1 saturated heterocycles. The zero-order valence-corrected chi connectivity index (χ0v) is 15.0. The standard InChI is InChI=1S/C19H20N4OS/c1-13-8-9-16(22(13)2)18-17(15-7-3-4-10-20-15)21-19(25)23(18)12-14-6-5-11-24-14/h3-11,17-18H,12H2,1-2H3,(H,21,25)/t17-,18+/m1/s1. The minimum atomic E-state index is -0.00309. The first-order valence-electron chi connectivity index (χ1n) is 8.28. The van der Waals surface area contributed by atoms with Crippen molar-refractivity contribution in [2.75, 3.05) is 0 Å². The summed E-state index contributed by atoms with van der Waals surface area (Å²) in [6.07, 6.45) is 3.52. The van der Waals surface area contributed by atoms with Crippen molar-refractivity contribution in [1.29, 1.82) is 0 Å². The largest absolute Gasteiger partial charge is 0.467 e. The van der Waals surface area contributed by atoms with E-state index in [1.165, 1.54) is 11.4 Å². The molecule has 2 atom stereocenters. The molecule has 6 heteroatoms. The van der Waals surface area contributed by atoms with Gasteiger partial charge in [-0.2, -0.15) is 0 Å². The number of furan rings is 1. The fourth-order valence-electron chi connectivity index (χ4n) is 3.40. The quantitative estimate of drug-likeness (QED) is 0.728. The summed E-state index contributed by atoms with van der Waals surface area (Å²) in [7, 11) is 2.09. The summed E-state index contributed by atoms with van der Waals surface area (Å²) in [5, 5.41) is 4.18. The molecule has 3 aromatic rings. The van der Waals surface area contributed by atoms with Gasteiger partial charge < -0.3 is 19.2 Å². The van der Waals surface area contributed by atoms with Crippen LogP contribution < -0.4 is 5.32 Å². The lowest BCUT2D eigenvalue weighted by molar-refractivity contribution is 0.278. The van der Waals surface area contributed by atoms with Crippen LogP contribution >= 0.6 is 12.2 Å². The van der Waals surface area contributed by atoms with Crippen molar-refractivity contribution < 1.29 is 4.42 Å². The summed E-state index contributed by atoms with van der Waals surface area (Å²) < 4.78 is 7.77. The molecular formula is C19H20N4OS. The lowest BCUT2D eigenvalue weighted by Crippen LogP contribution is -2.29. The summed E-state index contributed by atoms with van der Waals surface area (Å²) in [6.45, 7) is 2.73. The number of aromatic nitrogens is 2. The molecule has 0 amide bonds. The Bertz CT molecular complexity index is 872. The van der Waals surface area contributed by atoms with Gasteiger partial charge in [-0.05, 0) is 55.5 Å². The van der Waals surface area contributed by atoms with Crippen molar-refractivity contribution in [2.24, 2.45) is 7.05 Å². The summed E-state index contributed by atoms with van der Waals surface area (Å²) in [4.78, 5) is 6.74. The Morgan fingerprint density at radius 2 is 2.08 bits per heavy atom. The van der Waals surface area contributed by atoms with E-state index in [4.69, 9.17) is 16.6 Å². The molecule has 0 saturated carbocycles. The SMILES string of the molecule is Cc1ccc([C@H]2[C@@H](c3ccccn3)NC(=S)N2Cc2ccco2)n1C. The zero-order chi connectivity index (χ0) is 17.4. The molecule has 128 valence electrons. The molecule has 1 N–H and O–H groups in total. The third-order valence-electron chi connectivity index (χ3n) is 4.82. The van der Waals surface area contributed by atoms with Crippen LogP contribution in [-0.4, -0.2) is 19.6 Å². The van der Waals surface area contributed by atoms with Crippen molar-refractivity contribution in [3.05, 3.63) is 77.8 Å². The summed E-state index contributed by atoms with van der Waals surface area (Å²) in [5.74, 6) is 0.891. The Morgan fingerprint density at radius 1 is 1.20 bits per heavy atom. The third kappa shape index (κ3) is 2.82. The van der Waals surface area contributed by atoms with Crippen LogP contribution in [0.4, 0.5) is 0 Å². The zero-order valence-electron chi connectivity index (χ0n) is 14.2. The highest BCUT2D eigenvalue weighted by molar-refractivity contribution is 7.80. The van der Waals surface area contributed by atoms with E-state index in [0.29, 0.717) is 6.54 Å². The van der Waals surface area contributed by atoms with Crippen LogP contribution in [0.25, 0.3) is 0 Å². The van der Waals surface area contributed by atoms with Gasteiger partial charge in [-0.15, -0.1) is 0 Å². The Morgan fingerprint density at radius 3 is 2.72 bits per heavy atom. The molecule has 0 unspecified atom stereocenters. The molecule has 4 rings (SSSR count). The fourth-order valence-corrected chi connectivity index (χ4v) is 3.70. The monoisotopic (exact) mass is 352 g/mol. The number of nitrogens with one attached hydrogen (secondary N) is 1. The summed E-state index contributed by atoms with van der Waals surface area (Å²) >= 11 is 5.65. The van der Waals surface area contributed by atoms with Gasteiger partial charge in [0.1, 0.15) is 5.76 Å². The molecule has 3 aromatic heterocycles. The first kappa shape index (κ1) is 15.9. The highest BCUT2D eigenvalue weighted by Crippen LogP contribution is 2.39. The van der Waals surface area contributed by atoms with Gasteiger partial charge in [0.25, 0.3) is 0 Å². The Balaban J connectivity index is 1.77. The molecule has 0 radical (unpaired) electrons. The molecular weight excluding hydrogens is 332 g/mol. The lowest BCUT2D eigenvalue weighted by atomic mass is 10.0. The normalized spacial score (nSPS) is 20.1. The number of nitrogens with zero attached hydrogens (tertiary/aromatic N) is 3. The van der Waals surface area contributed by atoms with E-state index in [2.05, 4.69) is 45.9 Å². The van der Waals surface area contributed by atoms with Crippen LogP contribution in [0.3, 0.4) is 0 Å². The van der Waals surface area contributed by atoms with Crippen LogP contribution in [0.1, 0.15) is 34.9 Å². The Kier molecular flexibility index (Phi) is 4.05. The number of thiocarbonyl (C=S) groups is 1. The molecule has 25 heavy (non-hydrogen) atoms. The van der Waals surface area contributed by atoms with E-state index >= 15 is 0 Å². The average molecular weight is 352 g/mol. The lowest BCUT2D eigenvalue weighted by Gasteiger charge is -2.27. The van der Waals surface area contributed by atoms with E-state index in [0.717, 1.165) is 16.6 Å². The highest BCUT2D eigenvalue weighted by atomic mass is 32.1. The minimum Gasteiger partial charge on any atom is -0.467 e. The first-order chi connectivity index (χ1) is 12.1. The van der Waals surface area contributed by atoms with Crippen molar-refractivity contribution in [2.45, 2.75) is 25.6 Å². The van der Waals surface area contributed by atoms with Gasteiger partial charge in [0.15, 0.2) is 5.11 Å². The second kappa shape index (κ2) is 6.37. The molecule has 0 aliphatic carbocycles. The van der Waals surface area contributed by atoms with Crippen LogP contribution in [0.2, 0.25) is 0 Å². The maximum atomic E-state index is 5.65. The fraction of sp³-hybridized carbons (Fsp3) is 0.263. The van der Waals surface area contributed by atoms with Crippen molar-refractivity contribution in [3.63, 3.8) is 0 Å². The van der Waals surface area contributed by atoms with Crippen LogP contribution in [0, 0.1) is 6.92 Å². The van der Waals surface area contributed by atoms with Crippen LogP contribution in [0.15, 0.2) is 59.3 Å². The minimum absolute atomic E-state index is 0.00309. The van der Waals surface area contributed by atoms with E-state index in [1.807, 2.05) is 36.5 Å². The van der Waals surface area contributed by atoms with E-state index in [-0.39, 0.29) is 12.1 Å². The van der Waals surface area contributed by atoms with Gasteiger partial charge >= 0.3 is 0 Å². The highest BCUT2D eigenvalue weighted by Gasteiger charge is 2.41. The number of aryl methyl sites for hydroxylation is 1. The van der Waals surface area contributed by atoms with E-state index in [1.54, 1.807) is 6.26 Å². The summed E-state index contributed by atoms with van der Waals surface area (Å²) in [6, 6.07) is 14.2. The maximum Gasteiger partial charge on any atom is 0.170 e. The van der Waals surface area contributed by atoms with Gasteiger partial charge in [0.05, 0.1) is 30.6 Å². The maximum absolute atomic E-state index is 5.65. The van der Waals surface area contributed by atoms with Gasteiger partial charge in [-0.25, -0.2) is 0 Å². The Hall–Kier alpha value is -2.60. The Labute approximate surface area is 152 Å². The molecule has 1 fully saturated rings. The number of rotatable bonds is 4. The smallest absolute Gasteiger partial charge is 0.170 e. The van der Waals surface area contributed by atoms with Crippen LogP contribution in [-0.2, 0) is 13.6 Å². The third-order valence-corrected chi connectivity index (χ3v) is 5.17. The molecule has 0 spiro atoms. The van der Waals surface area contributed by atoms with Crippen LogP contribution in [0.5, 0.6) is 0 Å². The second-order valence-electron chi connectivity index (χ2n) is 6.29. The first-order valence-corrected chi connectivity index (χ1v) is 8.68. The molecule has 1 aliphatic heterocycles. The van der Waals surface area contributed by atoms with Crippen molar-refractivity contribution in [3.8, 4) is 0 Å². The van der Waals surface area contributed by atoms with Gasteiger partial charge in [0.2, 0.25) is 0 Å². The number of pyridine rings is 1. The number of hydrogen-bond donors (Lipinski definition) is 1. The number of hydrogen-bond acceptors (Lipinski definition) is 3. The van der Waals surface area contributed by atoms with Crippen molar-refractivity contribution >= 4 is 17.3 Å². The average Bonchev–Trinajstić information content (AvgIpc) is 3.32. The molecule has 0 bridgehead atoms. The van der Waals surface area contributed by atoms with Crippen molar-refractivity contribution in [1.82, 2.24) is 19.8 Å². The molecule has 4 heterocycles. The summed E-state index contributed by atoms with van der Waals surface area (Å²) in [5.41, 5.74) is 3.40.